The zero-order valence-electron chi connectivity index (χ0n) is 9.92. The van der Waals surface area contributed by atoms with E-state index >= 15 is 0 Å². The maximum absolute atomic E-state index is 12.4. The predicted octanol–water partition coefficient (Wildman–Crippen LogP) is 2.11. The molecule has 0 bridgehead atoms. The fraction of sp³-hybridized carbons (Fsp3) is 0.600. The van der Waals surface area contributed by atoms with Gasteiger partial charge >= 0.3 is 6.18 Å². The highest BCUT2D eigenvalue weighted by Crippen LogP contribution is 2.26. The molecule has 0 saturated heterocycles. The number of anilines is 1. The molecule has 102 valence electrons. The molecule has 4 nitrogen and oxygen atoms in total. The maximum atomic E-state index is 12.4. The number of rotatable bonds is 4. The van der Waals surface area contributed by atoms with Gasteiger partial charge in [-0.25, -0.2) is 9.97 Å². The lowest BCUT2D eigenvalue weighted by Crippen LogP contribution is -2.37. The SMILES string of the molecule is Cc1nc(Cl)c(C)c(N(CCO)CC(F)(F)F)n1. The van der Waals surface area contributed by atoms with Crippen LogP contribution >= 0.6 is 11.6 Å². The third kappa shape index (κ3) is 3.99. The van der Waals surface area contributed by atoms with Crippen LogP contribution in [0.15, 0.2) is 0 Å². The second-order valence-corrected chi connectivity index (χ2v) is 4.13. The standard InChI is InChI=1S/C10H13ClF3N3O/c1-6-8(11)15-7(2)16-9(6)17(3-4-18)5-10(12,13)14/h18H,3-5H2,1-2H3. The summed E-state index contributed by atoms with van der Waals surface area (Å²) in [6, 6.07) is 0. The second-order valence-electron chi connectivity index (χ2n) is 3.77. The van der Waals surface area contributed by atoms with Gasteiger partial charge in [-0.1, -0.05) is 11.6 Å². The van der Waals surface area contributed by atoms with Crippen LogP contribution in [0.25, 0.3) is 0 Å². The lowest BCUT2D eigenvalue weighted by Gasteiger charge is -2.25. The molecule has 0 fully saturated rings. The van der Waals surface area contributed by atoms with E-state index in [0.717, 1.165) is 4.90 Å². The van der Waals surface area contributed by atoms with Crippen molar-refractivity contribution in [3.05, 3.63) is 16.5 Å². The number of aliphatic hydroxyl groups is 1. The average molecular weight is 284 g/mol. The van der Waals surface area contributed by atoms with Gasteiger partial charge in [-0.3, -0.25) is 0 Å². The van der Waals surface area contributed by atoms with Crippen molar-refractivity contribution in [3.63, 3.8) is 0 Å². The summed E-state index contributed by atoms with van der Waals surface area (Å²) in [5, 5.41) is 8.95. The van der Waals surface area contributed by atoms with E-state index in [2.05, 4.69) is 9.97 Å². The average Bonchev–Trinajstić information content (AvgIpc) is 2.21. The van der Waals surface area contributed by atoms with Crippen molar-refractivity contribution in [2.45, 2.75) is 20.0 Å². The number of aliphatic hydroxyl groups excluding tert-OH is 1. The summed E-state index contributed by atoms with van der Waals surface area (Å²) in [7, 11) is 0. The van der Waals surface area contributed by atoms with Gasteiger partial charge in [0, 0.05) is 12.1 Å². The molecule has 0 aliphatic carbocycles. The summed E-state index contributed by atoms with van der Waals surface area (Å²) in [6.07, 6.45) is -4.38. The van der Waals surface area contributed by atoms with Gasteiger partial charge in [0.25, 0.3) is 0 Å². The first kappa shape index (κ1) is 15.0. The number of hydrogen-bond donors (Lipinski definition) is 1. The van der Waals surface area contributed by atoms with Crippen LogP contribution in [-0.2, 0) is 0 Å². The van der Waals surface area contributed by atoms with Gasteiger partial charge in [0.05, 0.1) is 6.61 Å². The molecule has 0 unspecified atom stereocenters. The van der Waals surface area contributed by atoms with E-state index in [9.17, 15) is 13.2 Å². The smallest absolute Gasteiger partial charge is 0.395 e. The van der Waals surface area contributed by atoms with Gasteiger partial charge in [-0.05, 0) is 13.8 Å². The predicted molar refractivity (Wildman–Crippen MR) is 61.9 cm³/mol. The van der Waals surface area contributed by atoms with Crippen LogP contribution < -0.4 is 4.90 Å². The van der Waals surface area contributed by atoms with Crippen molar-refractivity contribution in [2.75, 3.05) is 24.6 Å². The molecule has 1 aromatic heterocycles. The van der Waals surface area contributed by atoms with Gasteiger partial charge < -0.3 is 10.0 Å². The third-order valence-electron chi connectivity index (χ3n) is 2.21. The van der Waals surface area contributed by atoms with Gasteiger partial charge in [0.15, 0.2) is 0 Å². The highest BCUT2D eigenvalue weighted by molar-refractivity contribution is 6.30. The van der Waals surface area contributed by atoms with E-state index in [0.29, 0.717) is 5.56 Å². The Labute approximate surface area is 107 Å². The van der Waals surface area contributed by atoms with Gasteiger partial charge in [-0.2, -0.15) is 13.2 Å². The highest BCUT2D eigenvalue weighted by Gasteiger charge is 2.32. The molecule has 0 spiro atoms. The topological polar surface area (TPSA) is 49.2 Å². The molecule has 0 radical (unpaired) electrons. The first-order chi connectivity index (χ1) is 8.24. The molecule has 1 aromatic rings. The van der Waals surface area contributed by atoms with Crippen LogP contribution in [0.5, 0.6) is 0 Å². The lowest BCUT2D eigenvalue weighted by molar-refractivity contribution is -0.120. The number of aromatic nitrogens is 2. The Kier molecular flexibility index (Phi) is 4.75. The van der Waals surface area contributed by atoms with Crippen molar-refractivity contribution in [3.8, 4) is 0 Å². The fourth-order valence-corrected chi connectivity index (χ4v) is 1.69. The van der Waals surface area contributed by atoms with Crippen LogP contribution in [0.1, 0.15) is 11.4 Å². The van der Waals surface area contributed by atoms with Crippen LogP contribution in [0.3, 0.4) is 0 Å². The van der Waals surface area contributed by atoms with E-state index in [4.69, 9.17) is 16.7 Å². The quantitative estimate of drug-likeness (QED) is 0.860. The Morgan fingerprint density at radius 2 is 1.89 bits per heavy atom. The number of alkyl halides is 3. The summed E-state index contributed by atoms with van der Waals surface area (Å²) >= 11 is 5.81. The summed E-state index contributed by atoms with van der Waals surface area (Å²) in [5.41, 5.74) is 0.361. The molecule has 18 heavy (non-hydrogen) atoms. The summed E-state index contributed by atoms with van der Waals surface area (Å²) < 4.78 is 37.3. The van der Waals surface area contributed by atoms with Crippen molar-refractivity contribution >= 4 is 17.4 Å². The molecule has 1 N–H and O–H groups in total. The zero-order chi connectivity index (χ0) is 13.9. The van der Waals surface area contributed by atoms with Gasteiger partial charge in [0.1, 0.15) is 23.3 Å². The molecule has 0 aliphatic heterocycles. The maximum Gasteiger partial charge on any atom is 0.405 e. The minimum atomic E-state index is -4.38. The minimum absolute atomic E-state index is 0.0962. The highest BCUT2D eigenvalue weighted by atomic mass is 35.5. The van der Waals surface area contributed by atoms with Crippen LogP contribution in [-0.4, -0.2) is 40.9 Å². The summed E-state index contributed by atoms with van der Waals surface area (Å²) in [6.45, 7) is 1.31. The molecule has 0 aromatic carbocycles. The van der Waals surface area contributed by atoms with Crippen molar-refractivity contribution in [1.82, 2.24) is 9.97 Å². The molecule has 1 heterocycles. The Balaban J connectivity index is 3.13. The first-order valence-corrected chi connectivity index (χ1v) is 5.55. The Morgan fingerprint density at radius 1 is 1.28 bits per heavy atom. The molecule has 0 aliphatic rings. The molecular formula is C10H13ClF3N3O. The largest absolute Gasteiger partial charge is 0.405 e. The van der Waals surface area contributed by atoms with Crippen LogP contribution in [0.2, 0.25) is 5.15 Å². The van der Waals surface area contributed by atoms with E-state index in [-0.39, 0.29) is 23.3 Å². The van der Waals surface area contributed by atoms with Crippen molar-refractivity contribution in [2.24, 2.45) is 0 Å². The molecule has 0 atom stereocenters. The number of aryl methyl sites for hydroxylation is 1. The number of halogens is 4. The normalized spacial score (nSPS) is 11.7. The summed E-state index contributed by atoms with van der Waals surface area (Å²) in [4.78, 5) is 8.75. The second kappa shape index (κ2) is 5.71. The van der Waals surface area contributed by atoms with E-state index < -0.39 is 19.3 Å². The van der Waals surface area contributed by atoms with E-state index in [1.165, 1.54) is 6.92 Å². The van der Waals surface area contributed by atoms with Gasteiger partial charge in [0.2, 0.25) is 0 Å². The first-order valence-electron chi connectivity index (χ1n) is 5.18. The lowest BCUT2D eigenvalue weighted by atomic mass is 10.3. The molecule has 1 rings (SSSR count). The minimum Gasteiger partial charge on any atom is -0.395 e. The van der Waals surface area contributed by atoms with Gasteiger partial charge in [-0.15, -0.1) is 0 Å². The number of hydrogen-bond acceptors (Lipinski definition) is 4. The van der Waals surface area contributed by atoms with E-state index in [1.807, 2.05) is 0 Å². The van der Waals surface area contributed by atoms with Crippen LogP contribution in [0, 0.1) is 13.8 Å². The molecule has 8 heteroatoms. The summed E-state index contributed by atoms with van der Waals surface area (Å²) in [5.74, 6) is 0.379. The molecule has 0 saturated carbocycles. The Bertz CT molecular complexity index is 426. The van der Waals surface area contributed by atoms with Crippen molar-refractivity contribution in [1.29, 1.82) is 0 Å². The third-order valence-corrected chi connectivity index (χ3v) is 2.58. The monoisotopic (exact) mass is 283 g/mol. The number of nitrogens with zero attached hydrogens (tertiary/aromatic N) is 3. The Hall–Kier alpha value is -1.08. The zero-order valence-corrected chi connectivity index (χ0v) is 10.7. The molecule has 0 amide bonds. The molecular weight excluding hydrogens is 271 g/mol. The Morgan fingerprint density at radius 3 is 2.39 bits per heavy atom. The van der Waals surface area contributed by atoms with Crippen molar-refractivity contribution < 1.29 is 18.3 Å². The van der Waals surface area contributed by atoms with Crippen LogP contribution in [0.4, 0.5) is 19.0 Å². The fourth-order valence-electron chi connectivity index (χ4n) is 1.49. The van der Waals surface area contributed by atoms with E-state index in [1.54, 1.807) is 6.92 Å².